The zero-order valence-electron chi connectivity index (χ0n) is 68.4. The Bertz CT molecular complexity index is 5850. The molecular formula is C96H89N11O18. The number of carbonyl (C=O) groups excluding carboxylic acids is 4. The predicted octanol–water partition coefficient (Wildman–Crippen LogP) is 12.1. The Labute approximate surface area is 719 Å². The molecule has 1 saturated heterocycles. The van der Waals surface area contributed by atoms with Gasteiger partial charge in [-0.1, -0.05) is 256 Å². The van der Waals surface area contributed by atoms with Crippen molar-refractivity contribution in [3.63, 3.8) is 0 Å². The van der Waals surface area contributed by atoms with Crippen molar-refractivity contribution in [3.8, 4) is 0 Å². The first kappa shape index (κ1) is 91.3. The monoisotopic (exact) mass is 1680 g/mol. The Morgan fingerprint density at radius 1 is 0.352 bits per heavy atom. The first-order valence-corrected chi connectivity index (χ1v) is 39.3. The largest absolute Gasteiger partial charge is 0.506 e. The first-order chi connectivity index (χ1) is 60.2. The van der Waals surface area contributed by atoms with E-state index in [0.29, 0.717) is 97.9 Å². The van der Waals surface area contributed by atoms with Gasteiger partial charge in [-0.2, -0.15) is 0 Å². The molecule has 7 aliphatic heterocycles. The molecule has 8 aromatic rings. The third-order valence-corrected chi connectivity index (χ3v) is 19.7. The van der Waals surface area contributed by atoms with E-state index in [1.54, 1.807) is 14.0 Å². The molecule has 0 bridgehead atoms. The number of hydrogen-bond donors (Lipinski definition) is 10. The van der Waals surface area contributed by atoms with Gasteiger partial charge in [0, 0.05) is 85.3 Å². The van der Waals surface area contributed by atoms with Crippen molar-refractivity contribution >= 4 is 93.7 Å². The number of ether oxygens (including phenoxy) is 1. The van der Waals surface area contributed by atoms with Crippen LogP contribution in [0.4, 0.5) is 0 Å². The van der Waals surface area contributed by atoms with Crippen molar-refractivity contribution in [2.75, 3.05) is 46.9 Å². The smallest absolute Gasteiger partial charge is 0.334 e. The average molecular weight is 1680 g/mol. The van der Waals surface area contributed by atoms with Crippen LogP contribution in [0.3, 0.4) is 0 Å². The molecule has 8 aromatic carbocycles. The van der Waals surface area contributed by atoms with E-state index in [-0.39, 0.29) is 100 Å². The molecule has 4 amide bonds. The third kappa shape index (κ3) is 24.6. The second-order valence-corrected chi connectivity index (χ2v) is 28.1. The van der Waals surface area contributed by atoms with Gasteiger partial charge in [0.15, 0.2) is 0 Å². The lowest BCUT2D eigenvalue weighted by Crippen LogP contribution is -2.35. The Morgan fingerprint density at radius 2 is 0.608 bits per heavy atom. The van der Waals surface area contributed by atoms with Gasteiger partial charge < -0.3 is 66.2 Å². The van der Waals surface area contributed by atoms with Gasteiger partial charge in [0.2, 0.25) is 0 Å². The molecule has 636 valence electrons. The molecule has 29 heteroatoms. The van der Waals surface area contributed by atoms with Crippen LogP contribution in [0.2, 0.25) is 0 Å². The van der Waals surface area contributed by atoms with Gasteiger partial charge >= 0.3 is 35.8 Å². The van der Waals surface area contributed by atoms with Crippen LogP contribution in [-0.2, 0) is 65.8 Å². The number of aliphatic carboxylic acids is 6. The molecule has 29 nitrogen and oxygen atoms in total. The minimum Gasteiger partial charge on any atom is -0.506 e. The summed E-state index contributed by atoms with van der Waals surface area (Å²) in [6.07, 6.45) is 1.17. The lowest BCUT2D eigenvalue weighted by Gasteiger charge is -2.30. The van der Waals surface area contributed by atoms with Gasteiger partial charge in [-0.15, -0.1) is 0 Å². The molecule has 0 unspecified atom stereocenters. The quantitative estimate of drug-likeness (QED) is 0.0251. The Kier molecular flexibility index (Phi) is 32.4. The van der Waals surface area contributed by atoms with Gasteiger partial charge in [-0.05, 0) is 51.4 Å². The number of rotatable bonds is 24. The molecule has 0 spiro atoms. The molecule has 0 saturated carbocycles. The highest BCUT2D eigenvalue weighted by atomic mass is 16.5. The summed E-state index contributed by atoms with van der Waals surface area (Å²) in [6, 6.07) is 75.0. The number of aliphatic hydroxyl groups excluding tert-OH is 1. The maximum atomic E-state index is 12.7. The minimum absolute atomic E-state index is 0.00760. The summed E-state index contributed by atoms with van der Waals surface area (Å²) < 4.78 is 5.33. The summed E-state index contributed by atoms with van der Waals surface area (Å²) in [4.78, 5) is 146. The van der Waals surface area contributed by atoms with E-state index in [0.717, 1.165) is 50.2 Å². The van der Waals surface area contributed by atoms with Crippen LogP contribution in [0.5, 0.6) is 0 Å². The van der Waals surface area contributed by atoms with Crippen molar-refractivity contribution in [3.05, 3.63) is 379 Å². The number of aliphatic hydroxyl groups is 1. The van der Waals surface area contributed by atoms with Crippen LogP contribution < -0.4 is 16.0 Å². The number of aliphatic imine (C=N–C) groups is 6. The Hall–Kier alpha value is -16.0. The maximum Gasteiger partial charge on any atom is 0.334 e. The molecule has 0 aromatic heterocycles. The summed E-state index contributed by atoms with van der Waals surface area (Å²) in [5.74, 6) is -8.52. The number of nitrogens with one attached hydrogen (secondary N) is 3. The molecule has 10 N–H and O–H groups in total. The number of carbonyl (C=O) groups is 10. The standard InChI is InChI=1S/C20H18N2O3.C19H16N2O3.C17H18N2O3.C14H14N2O3.C13H12N2O3.C13H11NO3/c1-22(13-14-8-4-2-5-9-14)19(23)18-16(20(24)25)12-17(21-18)15-10-6-3-7-11-15;22-18(20-12-13-7-3-1-4-8-13)17-15(19(23)24)11-16(21-17)14-9-5-2-6-10-14;1-12(19-7-9-22-10-8-19)16-14(17(20)21)11-15(18-16)13-5-3-2-4-6-13;1-2-15-13(17)12-10(14(18)19)8-11(16-12)9-6-4-3-5-7-9;1-14-12(16)11-9(13(17)18)7-10(15-11)8-5-3-2-4-6-8;1-8(15)12-10(13(16)17)7-11(14-12)9-5-3-2-4-6-9/h2-11H,12-13H2,1H3,(H,24,25);1-10H,11-12H2,(H,20,22)(H,23,24);2-6H,1,7-11H2,(H,20,21);3-7H,2,8H2,1H3,(H,15,17)(H,18,19);2-6H,7H2,1H3,(H,14,16)(H,17,18);2-6,15H,1,7H2,(H,16,17). The number of hydrogen-bond acceptors (Lipinski definition) is 19. The van der Waals surface area contributed by atoms with Gasteiger partial charge in [0.25, 0.3) is 23.6 Å². The third-order valence-electron chi connectivity index (χ3n) is 19.7. The van der Waals surface area contributed by atoms with E-state index < -0.39 is 53.5 Å². The molecular weight excluding hydrogens is 1600 g/mol. The van der Waals surface area contributed by atoms with Gasteiger partial charge in [-0.25, -0.2) is 58.7 Å². The topological polar surface area (TPSA) is 438 Å². The van der Waals surface area contributed by atoms with Crippen LogP contribution in [0.15, 0.2) is 365 Å². The van der Waals surface area contributed by atoms with E-state index in [4.69, 9.17) is 20.1 Å². The zero-order chi connectivity index (χ0) is 89.6. The van der Waals surface area contributed by atoms with E-state index in [2.05, 4.69) is 59.1 Å². The fourth-order valence-electron chi connectivity index (χ4n) is 13.3. The fourth-order valence-corrected chi connectivity index (χ4v) is 13.3. The maximum absolute atomic E-state index is 12.7. The number of benzene rings is 8. The van der Waals surface area contributed by atoms with Crippen LogP contribution >= 0.6 is 0 Å². The van der Waals surface area contributed by atoms with Crippen LogP contribution in [0.25, 0.3) is 0 Å². The van der Waals surface area contributed by atoms with Crippen molar-refractivity contribution < 1.29 is 88.4 Å². The SMILES string of the molecule is C=C(C1=C(C(=O)O)CC(c2ccccc2)=N1)N1CCOCC1.C=C(O)C1=C(C(=O)O)CC(c2ccccc2)=N1.CCNC(=O)C1=C(C(=O)O)CC(c2ccccc2)=N1.CN(Cc1ccccc1)C(=O)C1=C(C(=O)O)CC(c2ccccc2)=N1.CNC(=O)C1=C(C(=O)O)CC(c2ccccc2)=N1.O=C(O)C1=C(C(=O)NCc2ccccc2)N=C(c2ccccc2)C1. The minimum atomic E-state index is -1.12. The molecule has 125 heavy (non-hydrogen) atoms. The van der Waals surface area contributed by atoms with Crippen LogP contribution in [-0.4, -0.2) is 186 Å². The molecule has 1 fully saturated rings. The van der Waals surface area contributed by atoms with E-state index in [1.807, 2.05) is 248 Å². The fraction of sp³-hybridized carbons (Fsp3) is 0.167. The second-order valence-electron chi connectivity index (χ2n) is 28.1. The normalized spacial score (nSPS) is 14.8. The Morgan fingerprint density at radius 3 is 0.904 bits per heavy atom. The van der Waals surface area contributed by atoms with E-state index >= 15 is 0 Å². The number of nitrogens with zero attached hydrogens (tertiary/aromatic N) is 8. The lowest BCUT2D eigenvalue weighted by molar-refractivity contribution is -0.134. The number of likely N-dealkylation sites (N-methyl/N-ethyl adjacent to an activating group) is 3. The number of amides is 4. The van der Waals surface area contributed by atoms with E-state index in [1.165, 1.54) is 11.9 Å². The van der Waals surface area contributed by atoms with Crippen molar-refractivity contribution in [2.45, 2.75) is 58.5 Å². The van der Waals surface area contributed by atoms with Crippen molar-refractivity contribution in [1.82, 2.24) is 25.8 Å². The average Bonchev–Trinajstić information content (AvgIpc) is 1.68. The first-order valence-electron chi connectivity index (χ1n) is 39.3. The molecule has 0 radical (unpaired) electrons. The highest BCUT2D eigenvalue weighted by molar-refractivity contribution is 6.19. The number of carboxylic acid groups (broad SMARTS) is 6. The van der Waals surface area contributed by atoms with Gasteiger partial charge in [0.05, 0.1) is 92.3 Å². The van der Waals surface area contributed by atoms with Crippen LogP contribution in [0, 0.1) is 0 Å². The summed E-state index contributed by atoms with van der Waals surface area (Å²) >= 11 is 0. The molecule has 7 heterocycles. The highest BCUT2D eigenvalue weighted by Gasteiger charge is 2.35. The number of morpholine rings is 1. The summed E-state index contributed by atoms with van der Waals surface area (Å²) in [5, 5.41) is 72.6. The van der Waals surface area contributed by atoms with Gasteiger partial charge in [0.1, 0.15) is 34.2 Å². The lowest BCUT2D eigenvalue weighted by atomic mass is 10.0. The molecule has 0 aliphatic carbocycles. The summed E-state index contributed by atoms with van der Waals surface area (Å²) in [7, 11) is 3.10. The predicted molar refractivity (Wildman–Crippen MR) is 471 cm³/mol. The van der Waals surface area contributed by atoms with Gasteiger partial charge in [-0.3, -0.25) is 19.2 Å². The van der Waals surface area contributed by atoms with Crippen LogP contribution in [0.1, 0.15) is 90.0 Å². The zero-order valence-corrected chi connectivity index (χ0v) is 68.4. The Balaban J connectivity index is 0.000000158. The molecule has 0 atom stereocenters. The number of carboxylic acids is 6. The molecule has 7 aliphatic rings. The summed E-state index contributed by atoms with van der Waals surface area (Å²) in [6.45, 7) is 13.0. The molecule has 15 rings (SSSR count). The summed E-state index contributed by atoms with van der Waals surface area (Å²) in [5.41, 5.74) is 12.6. The highest BCUT2D eigenvalue weighted by Crippen LogP contribution is 2.33. The second kappa shape index (κ2) is 44.3. The van der Waals surface area contributed by atoms with Crippen molar-refractivity contribution in [2.24, 2.45) is 30.0 Å². The van der Waals surface area contributed by atoms with E-state index in [9.17, 15) is 68.4 Å². The van der Waals surface area contributed by atoms with Crippen molar-refractivity contribution in [1.29, 1.82) is 0 Å².